The van der Waals surface area contributed by atoms with E-state index in [2.05, 4.69) is 24.5 Å². The Morgan fingerprint density at radius 3 is 2.38 bits per heavy atom. The van der Waals surface area contributed by atoms with Gasteiger partial charge in [0, 0.05) is 39.3 Å². The summed E-state index contributed by atoms with van der Waals surface area (Å²) < 4.78 is 5.09. The highest BCUT2D eigenvalue weighted by atomic mass is 16.5. The Hall–Kier alpha value is -0.610. The Morgan fingerprint density at radius 1 is 1.31 bits per heavy atom. The van der Waals surface area contributed by atoms with Crippen molar-refractivity contribution in [3.63, 3.8) is 0 Å². The number of nitrogens with one attached hydrogen (secondary N) is 2. The van der Waals surface area contributed by atoms with Crippen molar-refractivity contribution in [2.24, 2.45) is 5.92 Å². The lowest BCUT2D eigenvalue weighted by Gasteiger charge is -2.26. The molecule has 0 saturated heterocycles. The van der Waals surface area contributed by atoms with Crippen LogP contribution in [0.2, 0.25) is 0 Å². The van der Waals surface area contributed by atoms with E-state index in [9.17, 15) is 4.79 Å². The lowest BCUT2D eigenvalue weighted by molar-refractivity contribution is -0.121. The van der Waals surface area contributed by atoms with Gasteiger partial charge in [-0.25, -0.2) is 0 Å². The quantitative estimate of drug-likeness (QED) is 0.658. The monoisotopic (exact) mass is 230 g/mol. The van der Waals surface area contributed by atoms with E-state index in [1.54, 1.807) is 14.2 Å². The third kappa shape index (κ3) is 6.80. The minimum absolute atomic E-state index is 0.0780. The first-order valence-electron chi connectivity index (χ1n) is 5.96. The fraction of sp³-hybridized carbons (Fsp3) is 0.917. The third-order valence-electron chi connectivity index (χ3n) is 2.71. The van der Waals surface area contributed by atoms with Gasteiger partial charge in [-0.05, 0) is 19.3 Å². The van der Waals surface area contributed by atoms with Crippen LogP contribution in [0.1, 0.15) is 33.6 Å². The highest BCUT2D eigenvalue weighted by Gasteiger charge is 2.16. The maximum absolute atomic E-state index is 11.2. The fourth-order valence-electron chi connectivity index (χ4n) is 1.66. The highest BCUT2D eigenvalue weighted by Crippen LogP contribution is 2.08. The van der Waals surface area contributed by atoms with Crippen molar-refractivity contribution in [1.82, 2.24) is 10.6 Å². The molecule has 16 heavy (non-hydrogen) atoms. The number of hydrogen-bond acceptors (Lipinski definition) is 3. The van der Waals surface area contributed by atoms with Gasteiger partial charge in [-0.2, -0.15) is 0 Å². The van der Waals surface area contributed by atoms with Crippen molar-refractivity contribution < 1.29 is 9.53 Å². The molecule has 0 aromatic carbocycles. The average molecular weight is 230 g/mol. The molecule has 0 aliphatic carbocycles. The molecule has 0 aliphatic heterocycles. The minimum Gasteiger partial charge on any atom is -0.385 e. The Balaban J connectivity index is 4.02. The molecule has 4 nitrogen and oxygen atoms in total. The summed E-state index contributed by atoms with van der Waals surface area (Å²) in [5.74, 6) is 0.622. The lowest BCUT2D eigenvalue weighted by atomic mass is 10.00. The molecule has 0 fully saturated rings. The maximum Gasteiger partial charge on any atom is 0.221 e. The van der Waals surface area contributed by atoms with E-state index >= 15 is 0 Å². The number of carbonyl (C=O) groups excluding carboxylic acids is 1. The maximum atomic E-state index is 11.2. The Kier molecular flexibility index (Phi) is 8.21. The van der Waals surface area contributed by atoms with Crippen LogP contribution in [0.5, 0.6) is 0 Å². The van der Waals surface area contributed by atoms with Crippen LogP contribution in [0.15, 0.2) is 0 Å². The molecule has 96 valence electrons. The number of amides is 1. The van der Waals surface area contributed by atoms with Crippen LogP contribution in [-0.4, -0.2) is 38.8 Å². The molecule has 2 unspecified atom stereocenters. The van der Waals surface area contributed by atoms with Crippen LogP contribution in [0.25, 0.3) is 0 Å². The molecule has 0 radical (unpaired) electrons. The summed E-state index contributed by atoms with van der Waals surface area (Å²) in [6, 6.07) is 0.601. The number of methoxy groups -OCH3 is 1. The second kappa shape index (κ2) is 8.53. The summed E-state index contributed by atoms with van der Waals surface area (Å²) in [7, 11) is 3.38. The molecule has 0 aromatic heterocycles. The summed E-state index contributed by atoms with van der Waals surface area (Å²) in [6.07, 6.45) is 1.50. The highest BCUT2D eigenvalue weighted by molar-refractivity contribution is 5.76. The molecule has 2 N–H and O–H groups in total. The van der Waals surface area contributed by atoms with Gasteiger partial charge >= 0.3 is 0 Å². The fourth-order valence-corrected chi connectivity index (χ4v) is 1.66. The van der Waals surface area contributed by atoms with Crippen molar-refractivity contribution in [2.75, 3.05) is 20.8 Å². The van der Waals surface area contributed by atoms with Gasteiger partial charge in [-0.3, -0.25) is 4.79 Å². The zero-order valence-electron chi connectivity index (χ0n) is 11.2. The van der Waals surface area contributed by atoms with Crippen LogP contribution in [-0.2, 0) is 9.53 Å². The molecule has 0 spiro atoms. The van der Waals surface area contributed by atoms with E-state index in [4.69, 9.17) is 4.74 Å². The van der Waals surface area contributed by atoms with Gasteiger partial charge in [0.25, 0.3) is 0 Å². The summed E-state index contributed by atoms with van der Waals surface area (Å²) in [5, 5.41) is 6.11. The molecular formula is C12H26N2O2. The molecule has 4 heteroatoms. The first kappa shape index (κ1) is 15.4. The number of hydrogen-bond donors (Lipinski definition) is 2. The SMILES string of the molecule is CNC(=O)CC(C)NC(CCOC)C(C)C. The van der Waals surface area contributed by atoms with E-state index in [1.165, 1.54) is 0 Å². The van der Waals surface area contributed by atoms with Gasteiger partial charge in [0.1, 0.15) is 0 Å². The van der Waals surface area contributed by atoms with Crippen molar-refractivity contribution in [3.8, 4) is 0 Å². The van der Waals surface area contributed by atoms with Gasteiger partial charge < -0.3 is 15.4 Å². The summed E-state index contributed by atoms with van der Waals surface area (Å²) in [5.41, 5.74) is 0. The smallest absolute Gasteiger partial charge is 0.221 e. The predicted octanol–water partition coefficient (Wildman–Crippen LogP) is 1.16. The molecule has 2 atom stereocenters. The summed E-state index contributed by atoms with van der Waals surface area (Å²) in [4.78, 5) is 11.2. The summed E-state index contributed by atoms with van der Waals surface area (Å²) >= 11 is 0. The van der Waals surface area contributed by atoms with Gasteiger partial charge in [0.2, 0.25) is 5.91 Å². The normalized spacial score (nSPS) is 14.9. The molecule has 0 heterocycles. The first-order valence-corrected chi connectivity index (χ1v) is 5.96. The molecule has 0 bridgehead atoms. The van der Waals surface area contributed by atoms with E-state index < -0.39 is 0 Å². The van der Waals surface area contributed by atoms with Crippen LogP contribution in [0, 0.1) is 5.92 Å². The second-order valence-corrected chi connectivity index (χ2v) is 4.58. The first-order chi connectivity index (χ1) is 7.51. The zero-order chi connectivity index (χ0) is 12.6. The Labute approximate surface area is 99.1 Å². The molecular weight excluding hydrogens is 204 g/mol. The molecule has 0 aromatic rings. The minimum atomic E-state index is 0.0780. The Bertz CT molecular complexity index is 195. The molecule has 0 aliphatic rings. The zero-order valence-corrected chi connectivity index (χ0v) is 11.2. The third-order valence-corrected chi connectivity index (χ3v) is 2.71. The van der Waals surface area contributed by atoms with E-state index in [0.29, 0.717) is 18.4 Å². The number of ether oxygens (including phenoxy) is 1. The summed E-state index contributed by atoms with van der Waals surface area (Å²) in [6.45, 7) is 7.15. The molecule has 0 rings (SSSR count). The number of rotatable bonds is 8. The van der Waals surface area contributed by atoms with Crippen LogP contribution >= 0.6 is 0 Å². The van der Waals surface area contributed by atoms with Gasteiger partial charge in [-0.15, -0.1) is 0 Å². The van der Waals surface area contributed by atoms with Crippen molar-refractivity contribution >= 4 is 5.91 Å². The van der Waals surface area contributed by atoms with Crippen molar-refractivity contribution in [2.45, 2.75) is 45.7 Å². The largest absolute Gasteiger partial charge is 0.385 e. The van der Waals surface area contributed by atoms with Gasteiger partial charge in [-0.1, -0.05) is 13.8 Å². The average Bonchev–Trinajstić information content (AvgIpc) is 2.23. The van der Waals surface area contributed by atoms with E-state index in [0.717, 1.165) is 13.0 Å². The van der Waals surface area contributed by atoms with Crippen molar-refractivity contribution in [3.05, 3.63) is 0 Å². The predicted molar refractivity (Wildman–Crippen MR) is 66.4 cm³/mol. The van der Waals surface area contributed by atoms with Crippen LogP contribution < -0.4 is 10.6 Å². The van der Waals surface area contributed by atoms with E-state index in [1.807, 2.05) is 6.92 Å². The van der Waals surface area contributed by atoms with Crippen LogP contribution in [0.4, 0.5) is 0 Å². The molecule has 0 saturated carbocycles. The molecule has 1 amide bonds. The Morgan fingerprint density at radius 2 is 1.94 bits per heavy atom. The second-order valence-electron chi connectivity index (χ2n) is 4.58. The van der Waals surface area contributed by atoms with Gasteiger partial charge in [0.15, 0.2) is 0 Å². The standard InChI is InChI=1S/C12H26N2O2/c1-9(2)11(6-7-16-5)14-10(3)8-12(15)13-4/h9-11,14H,6-8H2,1-5H3,(H,13,15). The van der Waals surface area contributed by atoms with E-state index in [-0.39, 0.29) is 11.9 Å². The van der Waals surface area contributed by atoms with Gasteiger partial charge in [0.05, 0.1) is 0 Å². The number of carbonyl (C=O) groups is 1. The van der Waals surface area contributed by atoms with Crippen molar-refractivity contribution in [1.29, 1.82) is 0 Å². The van der Waals surface area contributed by atoms with Crippen LogP contribution in [0.3, 0.4) is 0 Å². The lowest BCUT2D eigenvalue weighted by Crippen LogP contribution is -2.42. The topological polar surface area (TPSA) is 50.4 Å².